The van der Waals surface area contributed by atoms with Gasteiger partial charge in [-0.15, -0.1) is 0 Å². The molecule has 2 fully saturated rings. The Morgan fingerprint density at radius 3 is 2.61 bits per heavy atom. The fourth-order valence-electron chi connectivity index (χ4n) is 2.96. The van der Waals surface area contributed by atoms with Gasteiger partial charge in [0.2, 0.25) is 5.91 Å². The molecule has 1 amide bonds. The van der Waals surface area contributed by atoms with E-state index in [0.29, 0.717) is 31.2 Å². The maximum atomic E-state index is 13.0. The van der Waals surface area contributed by atoms with E-state index in [2.05, 4.69) is 0 Å². The molecular formula is C18H22FNO3. The number of amides is 1. The molecule has 1 atom stereocenters. The zero-order valence-corrected chi connectivity index (χ0v) is 13.2. The Kier molecular flexibility index (Phi) is 5.06. The molecule has 1 heterocycles. The van der Waals surface area contributed by atoms with E-state index in [1.165, 1.54) is 37.1 Å². The van der Waals surface area contributed by atoms with Crippen LogP contribution in [0.4, 0.5) is 4.39 Å². The van der Waals surface area contributed by atoms with Crippen molar-refractivity contribution in [2.45, 2.75) is 25.7 Å². The minimum Gasteiger partial charge on any atom is -0.371 e. The van der Waals surface area contributed by atoms with Crippen molar-refractivity contribution in [1.29, 1.82) is 0 Å². The lowest BCUT2D eigenvalue weighted by molar-refractivity contribution is -0.137. The van der Waals surface area contributed by atoms with E-state index in [4.69, 9.17) is 4.74 Å². The summed E-state index contributed by atoms with van der Waals surface area (Å²) in [5.41, 5.74) is 0.510. The maximum Gasteiger partial charge on any atom is 0.248 e. The van der Waals surface area contributed by atoms with Crippen molar-refractivity contribution < 1.29 is 18.7 Å². The van der Waals surface area contributed by atoms with Gasteiger partial charge >= 0.3 is 0 Å². The quantitative estimate of drug-likeness (QED) is 0.757. The molecule has 0 spiro atoms. The molecule has 0 N–H and O–H groups in total. The summed E-state index contributed by atoms with van der Waals surface area (Å²) >= 11 is 0. The molecule has 23 heavy (non-hydrogen) atoms. The van der Waals surface area contributed by atoms with Gasteiger partial charge in [0.05, 0.1) is 6.61 Å². The van der Waals surface area contributed by atoms with E-state index in [1.54, 1.807) is 4.90 Å². The molecule has 3 rings (SSSR count). The minimum absolute atomic E-state index is 0.0126. The Morgan fingerprint density at radius 1 is 1.17 bits per heavy atom. The number of ketones is 1. The summed E-state index contributed by atoms with van der Waals surface area (Å²) in [6.07, 6.45) is 3.98. The molecule has 1 saturated heterocycles. The van der Waals surface area contributed by atoms with Crippen molar-refractivity contribution in [1.82, 2.24) is 4.90 Å². The lowest BCUT2D eigenvalue weighted by Gasteiger charge is -2.32. The first-order valence-corrected chi connectivity index (χ1v) is 8.29. The Bertz CT molecular complexity index is 568. The van der Waals surface area contributed by atoms with Crippen LogP contribution in [0.3, 0.4) is 0 Å². The van der Waals surface area contributed by atoms with Gasteiger partial charge in [-0.25, -0.2) is 4.39 Å². The maximum absolute atomic E-state index is 13.0. The predicted octanol–water partition coefficient (Wildman–Crippen LogP) is 2.67. The van der Waals surface area contributed by atoms with Crippen molar-refractivity contribution in [3.63, 3.8) is 0 Å². The van der Waals surface area contributed by atoms with E-state index >= 15 is 0 Å². The predicted molar refractivity (Wildman–Crippen MR) is 83.6 cm³/mol. The minimum atomic E-state index is -0.352. The topological polar surface area (TPSA) is 46.6 Å². The summed E-state index contributed by atoms with van der Waals surface area (Å²) in [7, 11) is 0. The van der Waals surface area contributed by atoms with Gasteiger partial charge in [0.15, 0.2) is 5.78 Å². The molecule has 1 unspecified atom stereocenters. The van der Waals surface area contributed by atoms with Gasteiger partial charge in [0, 0.05) is 24.6 Å². The van der Waals surface area contributed by atoms with Crippen molar-refractivity contribution >= 4 is 11.7 Å². The Balaban J connectivity index is 1.53. The van der Waals surface area contributed by atoms with Gasteiger partial charge < -0.3 is 9.64 Å². The fourth-order valence-corrected chi connectivity index (χ4v) is 2.96. The highest BCUT2D eigenvalue weighted by molar-refractivity contribution is 5.98. The number of hydrogen-bond donors (Lipinski definition) is 0. The van der Waals surface area contributed by atoms with Crippen molar-refractivity contribution in [3.8, 4) is 0 Å². The van der Waals surface area contributed by atoms with Crippen LogP contribution in [0.25, 0.3) is 0 Å². The van der Waals surface area contributed by atoms with E-state index < -0.39 is 0 Å². The standard InChI is InChI=1S/C18H22FNO3/c19-16-7-5-14(6-8-16)18(22)15-2-1-9-20(10-15)17(21)12-23-11-13-3-4-13/h5-8,13,15H,1-4,9-12H2. The third-order valence-electron chi connectivity index (χ3n) is 4.55. The van der Waals surface area contributed by atoms with E-state index in [-0.39, 0.29) is 30.0 Å². The molecule has 1 aliphatic carbocycles. The molecular weight excluding hydrogens is 297 g/mol. The molecule has 2 aliphatic rings. The van der Waals surface area contributed by atoms with Crippen LogP contribution in [-0.4, -0.2) is 42.9 Å². The normalized spacial score (nSPS) is 21.3. The molecule has 1 aliphatic heterocycles. The van der Waals surface area contributed by atoms with Crippen LogP contribution in [0.1, 0.15) is 36.0 Å². The largest absolute Gasteiger partial charge is 0.371 e. The Morgan fingerprint density at radius 2 is 1.91 bits per heavy atom. The van der Waals surface area contributed by atoms with Gasteiger partial charge in [-0.3, -0.25) is 9.59 Å². The third kappa shape index (κ3) is 4.38. The number of Topliss-reactive ketones (excluding diaryl/α,β-unsaturated/α-hetero) is 1. The number of hydrogen-bond acceptors (Lipinski definition) is 3. The summed E-state index contributed by atoms with van der Waals surface area (Å²) in [6.45, 7) is 1.88. The van der Waals surface area contributed by atoms with Gasteiger partial charge in [0.25, 0.3) is 0 Å². The lowest BCUT2D eigenvalue weighted by Crippen LogP contribution is -2.44. The first-order chi connectivity index (χ1) is 11.1. The number of benzene rings is 1. The van der Waals surface area contributed by atoms with Crippen LogP contribution in [0.15, 0.2) is 24.3 Å². The number of halogens is 1. The molecule has 5 heteroatoms. The zero-order chi connectivity index (χ0) is 16.2. The highest BCUT2D eigenvalue weighted by Crippen LogP contribution is 2.28. The average Bonchev–Trinajstić information content (AvgIpc) is 3.39. The molecule has 4 nitrogen and oxygen atoms in total. The first-order valence-electron chi connectivity index (χ1n) is 8.29. The van der Waals surface area contributed by atoms with E-state index in [9.17, 15) is 14.0 Å². The summed E-state index contributed by atoms with van der Waals surface area (Å²) in [4.78, 5) is 26.4. The lowest BCUT2D eigenvalue weighted by atomic mass is 9.90. The SMILES string of the molecule is O=C(c1ccc(F)cc1)C1CCCN(C(=O)COCC2CC2)C1. The zero-order valence-electron chi connectivity index (χ0n) is 13.2. The number of piperidine rings is 1. The van der Waals surface area contributed by atoms with Crippen LogP contribution >= 0.6 is 0 Å². The number of nitrogens with zero attached hydrogens (tertiary/aromatic N) is 1. The van der Waals surface area contributed by atoms with Crippen molar-refractivity contribution in [3.05, 3.63) is 35.6 Å². The van der Waals surface area contributed by atoms with Crippen molar-refractivity contribution in [2.24, 2.45) is 11.8 Å². The van der Waals surface area contributed by atoms with Crippen LogP contribution in [-0.2, 0) is 9.53 Å². The molecule has 0 aromatic heterocycles. The number of carbonyl (C=O) groups excluding carboxylic acids is 2. The molecule has 1 saturated carbocycles. The van der Waals surface area contributed by atoms with Gasteiger partial charge in [-0.1, -0.05) is 0 Å². The van der Waals surface area contributed by atoms with Gasteiger partial charge in [-0.05, 0) is 55.9 Å². The summed E-state index contributed by atoms with van der Waals surface area (Å²) in [5.74, 6) is 0.0250. The summed E-state index contributed by atoms with van der Waals surface area (Å²) < 4.78 is 18.4. The second kappa shape index (κ2) is 7.21. The second-order valence-electron chi connectivity index (χ2n) is 6.51. The van der Waals surface area contributed by atoms with Crippen molar-refractivity contribution in [2.75, 3.05) is 26.3 Å². The molecule has 1 aromatic carbocycles. The highest BCUT2D eigenvalue weighted by Gasteiger charge is 2.29. The van der Waals surface area contributed by atoms with Crippen LogP contribution in [0, 0.1) is 17.7 Å². The highest BCUT2D eigenvalue weighted by atomic mass is 19.1. The first kappa shape index (κ1) is 16.1. The number of rotatable bonds is 6. The van der Waals surface area contributed by atoms with Crippen LogP contribution in [0.2, 0.25) is 0 Å². The number of ether oxygens (including phenoxy) is 1. The summed E-state index contributed by atoms with van der Waals surface area (Å²) in [6, 6.07) is 5.61. The van der Waals surface area contributed by atoms with Crippen LogP contribution < -0.4 is 0 Å². The summed E-state index contributed by atoms with van der Waals surface area (Å²) in [5, 5.41) is 0. The second-order valence-corrected chi connectivity index (χ2v) is 6.51. The van der Waals surface area contributed by atoms with Crippen LogP contribution in [0.5, 0.6) is 0 Å². The fraction of sp³-hybridized carbons (Fsp3) is 0.556. The number of likely N-dealkylation sites (tertiary alicyclic amines) is 1. The Labute approximate surface area is 135 Å². The molecule has 0 radical (unpaired) electrons. The molecule has 1 aromatic rings. The molecule has 124 valence electrons. The smallest absolute Gasteiger partial charge is 0.248 e. The number of carbonyl (C=O) groups is 2. The third-order valence-corrected chi connectivity index (χ3v) is 4.55. The van der Waals surface area contributed by atoms with E-state index in [0.717, 1.165) is 12.8 Å². The van der Waals surface area contributed by atoms with Gasteiger partial charge in [0.1, 0.15) is 12.4 Å². The van der Waals surface area contributed by atoms with E-state index in [1.807, 2.05) is 0 Å². The van der Waals surface area contributed by atoms with Gasteiger partial charge in [-0.2, -0.15) is 0 Å². The Hall–Kier alpha value is -1.75. The molecule has 0 bridgehead atoms. The monoisotopic (exact) mass is 319 g/mol. The average molecular weight is 319 g/mol.